The number of hydrogen-bond acceptors (Lipinski definition) is 1. The summed E-state index contributed by atoms with van der Waals surface area (Å²) in [5, 5.41) is 2.36. The van der Waals surface area contributed by atoms with Crippen LogP contribution in [0.15, 0.2) is 16.6 Å². The molecule has 0 aromatic heterocycles. The second kappa shape index (κ2) is 7.16. The molecule has 0 spiro atoms. The average molecular weight is 346 g/mol. The predicted octanol–water partition coefficient (Wildman–Crippen LogP) is 5.03. The number of anilines is 1. The third-order valence-electron chi connectivity index (χ3n) is 3.72. The lowest BCUT2D eigenvalue weighted by atomic mass is 9.96. The van der Waals surface area contributed by atoms with E-state index < -0.39 is 11.6 Å². The zero-order valence-electron chi connectivity index (χ0n) is 11.2. The Morgan fingerprint density at radius 3 is 2.25 bits per heavy atom. The van der Waals surface area contributed by atoms with Crippen LogP contribution in [0.5, 0.6) is 0 Å². The van der Waals surface area contributed by atoms with Crippen LogP contribution in [0.1, 0.15) is 44.9 Å². The van der Waals surface area contributed by atoms with Crippen molar-refractivity contribution in [2.24, 2.45) is 5.92 Å². The van der Waals surface area contributed by atoms with E-state index in [-0.39, 0.29) is 11.6 Å². The summed E-state index contributed by atoms with van der Waals surface area (Å²) in [4.78, 5) is 11.9. The number of hydrogen-bond donors (Lipinski definition) is 1. The molecule has 0 radical (unpaired) electrons. The van der Waals surface area contributed by atoms with Crippen molar-refractivity contribution in [1.29, 1.82) is 0 Å². The third-order valence-corrected chi connectivity index (χ3v) is 4.18. The minimum atomic E-state index is -0.758. The van der Waals surface area contributed by atoms with Crippen molar-refractivity contribution in [1.82, 2.24) is 0 Å². The van der Waals surface area contributed by atoms with Gasteiger partial charge in [0, 0.05) is 10.9 Å². The number of benzene rings is 1. The fraction of sp³-hybridized carbons (Fsp3) is 0.533. The maximum Gasteiger partial charge on any atom is 0.224 e. The second-order valence-corrected chi connectivity index (χ2v) is 6.27. The maximum atomic E-state index is 13.6. The molecule has 0 atom stereocenters. The largest absolute Gasteiger partial charge is 0.321 e. The molecule has 0 bridgehead atoms. The number of halogens is 3. The predicted molar refractivity (Wildman–Crippen MR) is 78.5 cm³/mol. The topological polar surface area (TPSA) is 29.1 Å². The van der Waals surface area contributed by atoms with E-state index in [1.807, 2.05) is 0 Å². The fourth-order valence-corrected chi connectivity index (χ4v) is 3.08. The Morgan fingerprint density at radius 2 is 1.70 bits per heavy atom. The summed E-state index contributed by atoms with van der Waals surface area (Å²) in [5.41, 5.74) is -0.355. The molecule has 1 fully saturated rings. The van der Waals surface area contributed by atoms with Gasteiger partial charge in [-0.2, -0.15) is 0 Å². The molecule has 1 aliphatic carbocycles. The molecule has 1 saturated carbocycles. The van der Waals surface area contributed by atoms with Gasteiger partial charge in [-0.3, -0.25) is 4.79 Å². The zero-order valence-corrected chi connectivity index (χ0v) is 12.8. The van der Waals surface area contributed by atoms with E-state index in [2.05, 4.69) is 21.2 Å². The lowest BCUT2D eigenvalue weighted by Crippen LogP contribution is -2.18. The van der Waals surface area contributed by atoms with E-state index in [0.717, 1.165) is 37.8 Å². The minimum absolute atomic E-state index is 0.308. The molecule has 1 aromatic carbocycles. The zero-order chi connectivity index (χ0) is 14.5. The molecule has 0 saturated heterocycles. The molecule has 0 heterocycles. The summed E-state index contributed by atoms with van der Waals surface area (Å²) < 4.78 is 27.6. The quantitative estimate of drug-likeness (QED) is 0.765. The summed E-state index contributed by atoms with van der Waals surface area (Å²) in [5.74, 6) is -1.49. The van der Waals surface area contributed by atoms with E-state index >= 15 is 0 Å². The highest BCUT2D eigenvalue weighted by atomic mass is 79.9. The van der Waals surface area contributed by atoms with Crippen LogP contribution in [0.25, 0.3) is 0 Å². The maximum absolute atomic E-state index is 13.6. The van der Waals surface area contributed by atoms with Gasteiger partial charge in [0.15, 0.2) is 11.6 Å². The van der Waals surface area contributed by atoms with Crippen LogP contribution in [-0.2, 0) is 4.79 Å². The summed E-state index contributed by atoms with van der Waals surface area (Å²) in [6.07, 6.45) is 7.10. The van der Waals surface area contributed by atoms with E-state index in [9.17, 15) is 13.6 Å². The van der Waals surface area contributed by atoms with Crippen molar-refractivity contribution >= 4 is 27.5 Å². The van der Waals surface area contributed by atoms with Crippen molar-refractivity contribution in [2.45, 2.75) is 44.9 Å². The van der Waals surface area contributed by atoms with Crippen molar-refractivity contribution in [3.05, 3.63) is 28.2 Å². The summed E-state index contributed by atoms with van der Waals surface area (Å²) in [7, 11) is 0. The first-order chi connectivity index (χ1) is 9.56. The van der Waals surface area contributed by atoms with Gasteiger partial charge in [-0.05, 0) is 30.9 Å². The van der Waals surface area contributed by atoms with Crippen molar-refractivity contribution in [2.75, 3.05) is 5.32 Å². The number of rotatable bonds is 3. The first-order valence-corrected chi connectivity index (χ1v) is 7.80. The Balaban J connectivity index is 1.97. The van der Waals surface area contributed by atoms with E-state index in [0.29, 0.717) is 16.8 Å². The Bertz CT molecular complexity index is 462. The molecule has 0 aliphatic heterocycles. The second-order valence-electron chi connectivity index (χ2n) is 5.35. The first kappa shape index (κ1) is 15.4. The smallest absolute Gasteiger partial charge is 0.224 e. The van der Waals surface area contributed by atoms with Crippen LogP contribution in [0.3, 0.4) is 0 Å². The lowest BCUT2D eigenvalue weighted by Gasteiger charge is -2.14. The summed E-state index contributed by atoms with van der Waals surface area (Å²) >= 11 is 3.01. The van der Waals surface area contributed by atoms with Crippen molar-refractivity contribution < 1.29 is 13.6 Å². The van der Waals surface area contributed by atoms with Crippen LogP contribution in [0.4, 0.5) is 14.5 Å². The van der Waals surface area contributed by atoms with Gasteiger partial charge in [0.2, 0.25) is 5.91 Å². The summed E-state index contributed by atoms with van der Waals surface area (Å²) in [6.45, 7) is 0. The number of carbonyl (C=O) groups is 1. The Labute approximate surface area is 126 Å². The summed E-state index contributed by atoms with van der Waals surface area (Å²) in [6, 6.07) is 2.29. The SMILES string of the molecule is O=C(CC1CCCCCC1)Nc1c(F)cc(Br)cc1F. The Hall–Kier alpha value is -0.970. The standard InChI is InChI=1S/C15H18BrF2NO/c16-11-8-12(17)15(13(18)9-11)19-14(20)7-10-5-3-1-2-4-6-10/h8-10H,1-7H2,(H,19,20). The van der Waals surface area contributed by atoms with Crippen LogP contribution in [0, 0.1) is 17.6 Å². The molecule has 5 heteroatoms. The van der Waals surface area contributed by atoms with Gasteiger partial charge >= 0.3 is 0 Å². The van der Waals surface area contributed by atoms with Crippen molar-refractivity contribution in [3.8, 4) is 0 Å². The fourth-order valence-electron chi connectivity index (χ4n) is 2.68. The molecule has 2 nitrogen and oxygen atoms in total. The molecule has 2 rings (SSSR count). The van der Waals surface area contributed by atoms with E-state index in [1.54, 1.807) is 0 Å². The number of amides is 1. The minimum Gasteiger partial charge on any atom is -0.321 e. The highest BCUT2D eigenvalue weighted by molar-refractivity contribution is 9.10. The van der Waals surface area contributed by atoms with Gasteiger partial charge in [0.05, 0.1) is 0 Å². The first-order valence-electron chi connectivity index (χ1n) is 7.00. The molecule has 110 valence electrons. The van der Waals surface area contributed by atoms with Gasteiger partial charge in [-0.15, -0.1) is 0 Å². The normalized spacial score (nSPS) is 16.8. The van der Waals surface area contributed by atoms with Gasteiger partial charge in [-0.1, -0.05) is 41.6 Å². The van der Waals surface area contributed by atoms with E-state index in [4.69, 9.17) is 0 Å². The molecule has 0 unspecified atom stereocenters. The van der Waals surface area contributed by atoms with Gasteiger partial charge in [-0.25, -0.2) is 8.78 Å². The molecule has 1 aliphatic rings. The highest BCUT2D eigenvalue weighted by Gasteiger charge is 2.18. The van der Waals surface area contributed by atoms with Crippen molar-refractivity contribution in [3.63, 3.8) is 0 Å². The highest BCUT2D eigenvalue weighted by Crippen LogP contribution is 2.27. The third kappa shape index (κ3) is 4.27. The monoisotopic (exact) mass is 345 g/mol. The van der Waals surface area contributed by atoms with Gasteiger partial charge in [0.25, 0.3) is 0 Å². The number of carbonyl (C=O) groups excluding carboxylic acids is 1. The molecular weight excluding hydrogens is 328 g/mol. The average Bonchev–Trinajstić information content (AvgIpc) is 2.62. The number of nitrogens with one attached hydrogen (secondary N) is 1. The molecular formula is C15H18BrF2NO. The molecule has 20 heavy (non-hydrogen) atoms. The van der Waals surface area contributed by atoms with Crippen LogP contribution >= 0.6 is 15.9 Å². The lowest BCUT2D eigenvalue weighted by molar-refractivity contribution is -0.117. The van der Waals surface area contributed by atoms with Crippen LogP contribution in [0.2, 0.25) is 0 Å². The van der Waals surface area contributed by atoms with Gasteiger partial charge in [0.1, 0.15) is 5.69 Å². The molecule has 1 aromatic rings. The Kier molecular flexibility index (Phi) is 5.52. The van der Waals surface area contributed by atoms with E-state index in [1.165, 1.54) is 12.8 Å². The Morgan fingerprint density at radius 1 is 1.15 bits per heavy atom. The van der Waals surface area contributed by atoms with Crippen LogP contribution < -0.4 is 5.32 Å². The van der Waals surface area contributed by atoms with Crippen LogP contribution in [-0.4, -0.2) is 5.91 Å². The van der Waals surface area contributed by atoms with Gasteiger partial charge < -0.3 is 5.32 Å². The molecule has 1 amide bonds. The molecule has 1 N–H and O–H groups in total.